The van der Waals surface area contributed by atoms with E-state index in [2.05, 4.69) is 27.3 Å². The van der Waals surface area contributed by atoms with Gasteiger partial charge in [0.25, 0.3) is 0 Å². The number of hydrogen-bond donors (Lipinski definition) is 0. The van der Waals surface area contributed by atoms with Crippen molar-refractivity contribution >= 4 is 50.4 Å². The zero-order valence-corrected chi connectivity index (χ0v) is 14.5. The van der Waals surface area contributed by atoms with Crippen LogP contribution in [0.5, 0.6) is 0 Å². The third-order valence-corrected chi connectivity index (χ3v) is 4.89. The van der Waals surface area contributed by atoms with Crippen LogP contribution >= 0.6 is 34.4 Å². The molecule has 22 heavy (non-hydrogen) atoms. The zero-order valence-electron chi connectivity index (χ0n) is 10.7. The van der Waals surface area contributed by atoms with E-state index in [1.54, 1.807) is 24.3 Å². The predicted molar refractivity (Wildman–Crippen MR) is 80.4 cm³/mol. The van der Waals surface area contributed by atoms with Crippen molar-refractivity contribution in [3.05, 3.63) is 27.8 Å². The van der Waals surface area contributed by atoms with E-state index in [4.69, 9.17) is 0 Å². The Bertz CT molecular complexity index is 621. The summed E-state index contributed by atoms with van der Waals surface area (Å²) in [5, 5.41) is -5.14. The van der Waals surface area contributed by atoms with Crippen molar-refractivity contribution in [2.75, 3.05) is 12.4 Å². The molecule has 1 atom stereocenters. The predicted octanol–water partition coefficient (Wildman–Crippen LogP) is 2.40. The van der Waals surface area contributed by atoms with Crippen LogP contribution in [0, 0.1) is 3.57 Å². The molecule has 0 saturated heterocycles. The van der Waals surface area contributed by atoms with Crippen molar-refractivity contribution in [3.8, 4) is 0 Å². The van der Waals surface area contributed by atoms with Gasteiger partial charge in [0.2, 0.25) is 6.17 Å². The summed E-state index contributed by atoms with van der Waals surface area (Å²) in [6, 6.07) is 7.00. The SMILES string of the molecule is O=C(CSc1ccc(I)cc1)OCC(F)C(F)(F)S(=O)(=O)[O-]. The summed E-state index contributed by atoms with van der Waals surface area (Å²) in [5.41, 5.74) is 0. The van der Waals surface area contributed by atoms with Crippen molar-refractivity contribution in [1.82, 2.24) is 0 Å². The Morgan fingerprint density at radius 3 is 2.41 bits per heavy atom. The van der Waals surface area contributed by atoms with Crippen molar-refractivity contribution in [1.29, 1.82) is 0 Å². The van der Waals surface area contributed by atoms with Crippen LogP contribution in [-0.2, 0) is 19.6 Å². The standard InChI is InChI=1S/C11H10F3IO5S2/c12-9(11(13,14)22(17,18)19)5-20-10(16)6-21-8-3-1-7(15)2-4-8/h1-4,9H,5-6H2,(H,17,18,19)/p-1. The fraction of sp³-hybridized carbons (Fsp3) is 0.364. The van der Waals surface area contributed by atoms with Gasteiger partial charge in [-0.2, -0.15) is 8.78 Å². The summed E-state index contributed by atoms with van der Waals surface area (Å²) in [5.74, 6) is -1.28. The van der Waals surface area contributed by atoms with Gasteiger partial charge in [-0.3, -0.25) is 4.79 Å². The summed E-state index contributed by atoms with van der Waals surface area (Å²) < 4.78 is 74.4. The van der Waals surface area contributed by atoms with Crippen molar-refractivity contribution in [3.63, 3.8) is 0 Å². The second-order valence-corrected chi connectivity index (χ2v) is 7.66. The molecule has 11 heteroatoms. The van der Waals surface area contributed by atoms with Gasteiger partial charge >= 0.3 is 11.2 Å². The van der Waals surface area contributed by atoms with Crippen LogP contribution in [-0.4, -0.2) is 42.7 Å². The number of benzene rings is 1. The highest BCUT2D eigenvalue weighted by Gasteiger charge is 2.48. The van der Waals surface area contributed by atoms with Gasteiger partial charge in [0, 0.05) is 8.47 Å². The number of ether oxygens (including phenoxy) is 1. The Hall–Kier alpha value is -0.530. The molecule has 0 bridgehead atoms. The van der Waals surface area contributed by atoms with Crippen LogP contribution in [0.25, 0.3) is 0 Å². The Labute approximate surface area is 142 Å². The van der Waals surface area contributed by atoms with Gasteiger partial charge in [-0.1, -0.05) is 0 Å². The van der Waals surface area contributed by atoms with E-state index >= 15 is 0 Å². The number of alkyl halides is 3. The Morgan fingerprint density at radius 1 is 1.36 bits per heavy atom. The van der Waals surface area contributed by atoms with Crippen LogP contribution in [0.15, 0.2) is 29.2 Å². The van der Waals surface area contributed by atoms with Gasteiger partial charge in [-0.25, -0.2) is 12.8 Å². The molecule has 0 radical (unpaired) electrons. The molecule has 1 aromatic rings. The second-order valence-electron chi connectivity index (χ2n) is 3.91. The van der Waals surface area contributed by atoms with E-state index in [1.165, 1.54) is 0 Å². The zero-order chi connectivity index (χ0) is 17.0. The van der Waals surface area contributed by atoms with E-state index in [9.17, 15) is 30.9 Å². The molecule has 0 amide bonds. The lowest BCUT2D eigenvalue weighted by atomic mass is 10.4. The molecule has 1 rings (SSSR count). The van der Waals surface area contributed by atoms with Crippen LogP contribution in [0.3, 0.4) is 0 Å². The molecular formula is C11H9F3IO5S2-. The van der Waals surface area contributed by atoms with Crippen molar-refractivity contribution in [2.24, 2.45) is 0 Å². The van der Waals surface area contributed by atoms with E-state index in [-0.39, 0.29) is 5.75 Å². The maximum Gasteiger partial charge on any atom is 0.368 e. The molecule has 0 saturated carbocycles. The van der Waals surface area contributed by atoms with Gasteiger partial charge in [0.05, 0.1) is 5.75 Å². The van der Waals surface area contributed by atoms with Crippen molar-refractivity contribution in [2.45, 2.75) is 16.3 Å². The first kappa shape index (κ1) is 19.5. The van der Waals surface area contributed by atoms with Gasteiger partial charge in [0.1, 0.15) is 6.61 Å². The highest BCUT2D eigenvalue weighted by Crippen LogP contribution is 2.27. The molecule has 0 fully saturated rings. The van der Waals surface area contributed by atoms with Gasteiger partial charge in [0.15, 0.2) is 10.1 Å². The second kappa shape index (κ2) is 7.84. The van der Waals surface area contributed by atoms with Gasteiger partial charge < -0.3 is 9.29 Å². The summed E-state index contributed by atoms with van der Waals surface area (Å²) in [4.78, 5) is 12.0. The largest absolute Gasteiger partial charge is 0.743 e. The van der Waals surface area contributed by atoms with E-state index in [1.807, 2.05) is 0 Å². The van der Waals surface area contributed by atoms with E-state index in [0.717, 1.165) is 15.3 Å². The smallest absolute Gasteiger partial charge is 0.368 e. The molecule has 0 N–H and O–H groups in total. The minimum absolute atomic E-state index is 0.275. The first-order valence-corrected chi connectivity index (χ1v) is 9.02. The first-order valence-electron chi connectivity index (χ1n) is 5.55. The first-order chi connectivity index (χ1) is 10.0. The third-order valence-electron chi connectivity index (χ3n) is 2.26. The lowest BCUT2D eigenvalue weighted by Crippen LogP contribution is -2.41. The summed E-state index contributed by atoms with van der Waals surface area (Å²) >= 11 is 3.12. The number of rotatable bonds is 7. The van der Waals surface area contributed by atoms with Gasteiger partial charge in [-0.05, 0) is 46.9 Å². The minimum atomic E-state index is -6.16. The van der Waals surface area contributed by atoms with Gasteiger partial charge in [-0.15, -0.1) is 11.8 Å². The van der Waals surface area contributed by atoms with E-state index < -0.39 is 34.1 Å². The Morgan fingerprint density at radius 2 is 1.91 bits per heavy atom. The highest BCUT2D eigenvalue weighted by atomic mass is 127. The molecule has 0 aromatic heterocycles. The van der Waals surface area contributed by atoms with Crippen LogP contribution in [0.2, 0.25) is 0 Å². The fourth-order valence-corrected chi connectivity index (χ4v) is 2.57. The van der Waals surface area contributed by atoms with Crippen molar-refractivity contribution < 1.29 is 35.7 Å². The molecular weight excluding hydrogens is 460 g/mol. The fourth-order valence-electron chi connectivity index (χ4n) is 1.13. The molecule has 0 aliphatic rings. The number of carbonyl (C=O) groups excluding carboxylic acids is 1. The maximum atomic E-state index is 13.0. The number of thioether (sulfide) groups is 1. The van der Waals surface area contributed by atoms with E-state index in [0.29, 0.717) is 4.90 Å². The maximum absolute atomic E-state index is 13.0. The molecule has 1 unspecified atom stereocenters. The highest BCUT2D eigenvalue weighted by molar-refractivity contribution is 14.1. The van der Waals surface area contributed by atoms with Crippen LogP contribution in [0.4, 0.5) is 13.2 Å². The molecule has 0 heterocycles. The number of halogens is 4. The Kier molecular flexibility index (Phi) is 6.95. The summed E-state index contributed by atoms with van der Waals surface area (Å²) in [6.45, 7) is -1.51. The molecule has 1 aromatic carbocycles. The molecule has 124 valence electrons. The third kappa shape index (κ3) is 5.59. The number of hydrogen-bond acceptors (Lipinski definition) is 6. The summed E-state index contributed by atoms with van der Waals surface area (Å²) in [6.07, 6.45) is -3.41. The monoisotopic (exact) mass is 469 g/mol. The molecule has 0 aliphatic carbocycles. The van der Waals surface area contributed by atoms with Crippen LogP contribution in [0.1, 0.15) is 0 Å². The average molecular weight is 469 g/mol. The lowest BCUT2D eigenvalue weighted by molar-refractivity contribution is -0.145. The summed E-state index contributed by atoms with van der Waals surface area (Å²) in [7, 11) is -6.16. The quantitative estimate of drug-likeness (QED) is 0.264. The average Bonchev–Trinajstić information content (AvgIpc) is 2.42. The topological polar surface area (TPSA) is 83.5 Å². The molecule has 5 nitrogen and oxygen atoms in total. The number of carbonyl (C=O) groups is 1. The molecule has 0 spiro atoms. The number of esters is 1. The Balaban J connectivity index is 2.45. The minimum Gasteiger partial charge on any atom is -0.743 e. The van der Waals surface area contributed by atoms with Crippen LogP contribution < -0.4 is 0 Å². The normalized spacial score (nSPS) is 13.7. The molecule has 0 aliphatic heterocycles. The lowest BCUT2D eigenvalue weighted by Gasteiger charge is -2.22.